The van der Waals surface area contributed by atoms with Gasteiger partial charge < -0.3 is 15.3 Å². The maximum Gasteiger partial charge on any atom is 0.318 e. The number of hydrogen-bond acceptors (Lipinski definition) is 4. The average Bonchev–Trinajstić information content (AvgIpc) is 2.97. The Morgan fingerprint density at radius 2 is 1.76 bits per heavy atom. The highest BCUT2D eigenvalue weighted by Crippen LogP contribution is 2.48. The molecule has 1 aliphatic heterocycles. The van der Waals surface area contributed by atoms with Crippen LogP contribution in [-0.2, 0) is 14.4 Å². The predicted octanol–water partition coefficient (Wildman–Crippen LogP) is -0.846. The first-order valence-corrected chi connectivity index (χ1v) is 7.06. The number of carbonyl (C=O) groups excluding carboxylic acids is 3. The highest BCUT2D eigenvalue weighted by Gasteiger charge is 2.52. The summed E-state index contributed by atoms with van der Waals surface area (Å²) in [5.41, 5.74) is 0. The quantitative estimate of drug-likeness (QED) is 0.574. The normalized spacial score (nSPS) is 34.8. The maximum atomic E-state index is 12.2. The van der Waals surface area contributed by atoms with Crippen LogP contribution in [0, 0.1) is 17.8 Å². The van der Waals surface area contributed by atoms with Crippen molar-refractivity contribution in [1.82, 2.24) is 15.5 Å². The number of hydrogen-bond donors (Lipinski definition) is 3. The van der Waals surface area contributed by atoms with Gasteiger partial charge in [0.1, 0.15) is 13.1 Å². The van der Waals surface area contributed by atoms with E-state index in [0.29, 0.717) is 0 Å². The lowest BCUT2D eigenvalue weighted by molar-refractivity contribution is -0.144. The van der Waals surface area contributed by atoms with Crippen molar-refractivity contribution >= 4 is 23.8 Å². The van der Waals surface area contributed by atoms with E-state index in [4.69, 9.17) is 0 Å². The molecule has 0 aromatic carbocycles. The first kappa shape index (κ1) is 13.8. The molecule has 2 bridgehead atoms. The van der Waals surface area contributed by atoms with Gasteiger partial charge in [0, 0.05) is 6.04 Å². The van der Waals surface area contributed by atoms with Gasteiger partial charge in [0.25, 0.3) is 0 Å². The first-order valence-electron chi connectivity index (χ1n) is 7.06. The van der Waals surface area contributed by atoms with Crippen LogP contribution < -0.4 is 10.6 Å². The van der Waals surface area contributed by atoms with Crippen LogP contribution in [0.1, 0.15) is 19.3 Å². The zero-order valence-corrected chi connectivity index (χ0v) is 11.4. The second kappa shape index (κ2) is 5.01. The first-order chi connectivity index (χ1) is 9.95. The molecule has 0 aromatic rings. The van der Waals surface area contributed by atoms with E-state index in [0.717, 1.165) is 24.2 Å². The summed E-state index contributed by atoms with van der Waals surface area (Å²) < 4.78 is 0. The molecule has 114 valence electrons. The third-order valence-corrected chi connectivity index (χ3v) is 4.73. The van der Waals surface area contributed by atoms with E-state index in [1.54, 1.807) is 0 Å². The van der Waals surface area contributed by atoms with Gasteiger partial charge in [0.2, 0.25) is 11.8 Å². The molecular weight excluding hydrogens is 278 g/mol. The van der Waals surface area contributed by atoms with Crippen molar-refractivity contribution in [2.75, 3.05) is 13.1 Å². The van der Waals surface area contributed by atoms with Gasteiger partial charge in [0.05, 0.1) is 5.92 Å². The Hall–Kier alpha value is -2.12. The van der Waals surface area contributed by atoms with Crippen LogP contribution in [0.25, 0.3) is 0 Å². The van der Waals surface area contributed by atoms with Gasteiger partial charge in [-0.2, -0.15) is 0 Å². The fourth-order valence-electron chi connectivity index (χ4n) is 3.87. The Morgan fingerprint density at radius 3 is 2.38 bits per heavy atom. The summed E-state index contributed by atoms with van der Waals surface area (Å²) in [5, 5.41) is 14.2. The summed E-state index contributed by atoms with van der Waals surface area (Å²) >= 11 is 0. The number of imide groups is 1. The molecule has 1 saturated heterocycles. The lowest BCUT2D eigenvalue weighted by atomic mass is 9.84. The van der Waals surface area contributed by atoms with Crippen LogP contribution in [-0.4, -0.2) is 53.0 Å². The van der Waals surface area contributed by atoms with Crippen LogP contribution in [0.4, 0.5) is 4.79 Å². The number of rotatable bonds is 2. The molecule has 0 radical (unpaired) electrons. The van der Waals surface area contributed by atoms with Gasteiger partial charge in [-0.15, -0.1) is 0 Å². The van der Waals surface area contributed by atoms with Crippen molar-refractivity contribution in [2.24, 2.45) is 17.8 Å². The minimum atomic E-state index is -0.889. The molecule has 4 atom stereocenters. The number of carboxylic acid groups (broad SMARTS) is 1. The molecule has 3 rings (SSSR count). The average molecular weight is 295 g/mol. The van der Waals surface area contributed by atoms with Gasteiger partial charge in [-0.1, -0.05) is 0 Å². The van der Waals surface area contributed by atoms with Gasteiger partial charge in [-0.25, -0.2) is 4.79 Å². The molecule has 8 heteroatoms. The summed E-state index contributed by atoms with van der Waals surface area (Å²) in [6.07, 6.45) is 2.62. The van der Waals surface area contributed by atoms with E-state index in [2.05, 4.69) is 10.6 Å². The SMILES string of the molecule is O=C1CN(C(=O)NC2C3CCC(C3)C2C(=O)O)CC(=O)N1. The molecule has 8 nitrogen and oxygen atoms in total. The number of urea groups is 1. The van der Waals surface area contributed by atoms with Crippen molar-refractivity contribution in [1.29, 1.82) is 0 Å². The van der Waals surface area contributed by atoms with Crippen LogP contribution in [0.2, 0.25) is 0 Å². The topological polar surface area (TPSA) is 116 Å². The van der Waals surface area contributed by atoms with Crippen molar-refractivity contribution in [2.45, 2.75) is 25.3 Å². The number of fused-ring (bicyclic) bond motifs is 2. The Balaban J connectivity index is 1.68. The number of carbonyl (C=O) groups is 4. The second-order valence-electron chi connectivity index (χ2n) is 6.00. The van der Waals surface area contributed by atoms with Gasteiger partial charge in [-0.05, 0) is 31.1 Å². The molecule has 3 aliphatic rings. The number of aliphatic carboxylic acids is 1. The van der Waals surface area contributed by atoms with E-state index in [9.17, 15) is 24.3 Å². The van der Waals surface area contributed by atoms with E-state index < -0.39 is 35.8 Å². The van der Waals surface area contributed by atoms with Crippen molar-refractivity contribution in [3.63, 3.8) is 0 Å². The molecule has 2 saturated carbocycles. The molecular formula is C13H17N3O5. The third kappa shape index (κ3) is 2.45. The largest absolute Gasteiger partial charge is 0.481 e. The minimum Gasteiger partial charge on any atom is -0.481 e. The Bertz CT molecular complexity index is 504. The summed E-state index contributed by atoms with van der Waals surface area (Å²) in [6, 6.07) is -0.948. The molecule has 2 aliphatic carbocycles. The predicted molar refractivity (Wildman–Crippen MR) is 69.0 cm³/mol. The van der Waals surface area contributed by atoms with Crippen LogP contribution >= 0.6 is 0 Å². The summed E-state index contributed by atoms with van der Waals surface area (Å²) in [5.74, 6) is -2.21. The van der Waals surface area contributed by atoms with E-state index >= 15 is 0 Å². The van der Waals surface area contributed by atoms with Crippen molar-refractivity contribution < 1.29 is 24.3 Å². The molecule has 4 amide bonds. The third-order valence-electron chi connectivity index (χ3n) is 4.73. The molecule has 0 aromatic heterocycles. The molecule has 21 heavy (non-hydrogen) atoms. The summed E-state index contributed by atoms with van der Waals surface area (Å²) in [4.78, 5) is 47.2. The van der Waals surface area contributed by atoms with E-state index in [1.165, 1.54) is 0 Å². The highest BCUT2D eigenvalue weighted by atomic mass is 16.4. The van der Waals surface area contributed by atoms with Crippen molar-refractivity contribution in [3.05, 3.63) is 0 Å². The standard InChI is InChI=1S/C13H17N3O5/c17-8-4-16(5-9(18)14-8)13(21)15-11-7-2-1-6(3-7)10(11)12(19)20/h6-7,10-11H,1-5H2,(H,15,21)(H,19,20)(H,14,17,18). The van der Waals surface area contributed by atoms with Crippen LogP contribution in [0.3, 0.4) is 0 Å². The summed E-state index contributed by atoms with van der Waals surface area (Å²) in [6.45, 7) is -0.369. The zero-order chi connectivity index (χ0) is 15.1. The highest BCUT2D eigenvalue weighted by molar-refractivity contribution is 6.02. The fraction of sp³-hybridized carbons (Fsp3) is 0.692. The van der Waals surface area contributed by atoms with Crippen molar-refractivity contribution in [3.8, 4) is 0 Å². The fourth-order valence-corrected chi connectivity index (χ4v) is 3.87. The summed E-state index contributed by atoms with van der Waals surface area (Å²) in [7, 11) is 0. The molecule has 3 N–H and O–H groups in total. The monoisotopic (exact) mass is 295 g/mol. The second-order valence-corrected chi connectivity index (χ2v) is 6.00. The zero-order valence-electron chi connectivity index (χ0n) is 11.4. The van der Waals surface area contributed by atoms with Gasteiger partial charge in [-0.3, -0.25) is 19.7 Å². The lowest BCUT2D eigenvalue weighted by Crippen LogP contribution is -2.58. The van der Waals surface area contributed by atoms with Gasteiger partial charge >= 0.3 is 12.0 Å². The van der Waals surface area contributed by atoms with Gasteiger partial charge in [0.15, 0.2) is 0 Å². The number of nitrogens with one attached hydrogen (secondary N) is 2. The Labute approximate surface area is 120 Å². The number of amides is 4. The molecule has 0 spiro atoms. The molecule has 3 fully saturated rings. The Morgan fingerprint density at radius 1 is 1.14 bits per heavy atom. The number of carboxylic acids is 1. The molecule has 1 heterocycles. The van der Waals surface area contributed by atoms with E-state index in [1.807, 2.05) is 0 Å². The van der Waals surface area contributed by atoms with Crippen LogP contribution in [0.15, 0.2) is 0 Å². The Kier molecular flexibility index (Phi) is 3.30. The smallest absolute Gasteiger partial charge is 0.318 e. The minimum absolute atomic E-state index is 0.115. The molecule has 4 unspecified atom stereocenters. The van der Waals surface area contributed by atoms with E-state index in [-0.39, 0.29) is 24.9 Å². The number of nitrogens with zero attached hydrogens (tertiary/aromatic N) is 1. The lowest BCUT2D eigenvalue weighted by Gasteiger charge is -2.32. The van der Waals surface area contributed by atoms with Crippen LogP contribution in [0.5, 0.6) is 0 Å². The number of piperazine rings is 1. The maximum absolute atomic E-state index is 12.2.